The number of nitrogens with two attached hydrogens (primary N) is 1. The molecule has 0 aromatic carbocycles. The highest BCUT2D eigenvalue weighted by molar-refractivity contribution is 5.76. The van der Waals surface area contributed by atoms with Crippen molar-refractivity contribution in [3.63, 3.8) is 0 Å². The van der Waals surface area contributed by atoms with Gasteiger partial charge in [0.05, 0.1) is 11.9 Å². The lowest BCUT2D eigenvalue weighted by atomic mass is 10.0. The number of amides is 1. The van der Waals surface area contributed by atoms with Gasteiger partial charge in [0, 0.05) is 12.2 Å². The molecule has 0 bridgehead atoms. The Kier molecular flexibility index (Phi) is 4.23. The Hall–Kier alpha value is -1.52. The van der Waals surface area contributed by atoms with Crippen LogP contribution in [0.1, 0.15) is 39.0 Å². The maximum absolute atomic E-state index is 11.9. The van der Waals surface area contributed by atoms with Crippen LogP contribution >= 0.6 is 0 Å². The van der Waals surface area contributed by atoms with E-state index in [2.05, 4.69) is 17.3 Å². The third kappa shape index (κ3) is 3.75. The van der Waals surface area contributed by atoms with E-state index in [1.807, 2.05) is 0 Å². The predicted molar refractivity (Wildman–Crippen MR) is 70.8 cm³/mol. The molecule has 5 heteroatoms. The van der Waals surface area contributed by atoms with E-state index >= 15 is 0 Å². The molecule has 5 nitrogen and oxygen atoms in total. The van der Waals surface area contributed by atoms with Gasteiger partial charge in [-0.1, -0.05) is 19.8 Å². The topological polar surface area (TPSA) is 72.9 Å². The summed E-state index contributed by atoms with van der Waals surface area (Å²) in [5, 5.41) is 7.11. The maximum atomic E-state index is 11.9. The number of nitrogens with one attached hydrogen (secondary N) is 1. The first-order valence-corrected chi connectivity index (χ1v) is 6.71. The van der Waals surface area contributed by atoms with E-state index in [-0.39, 0.29) is 12.5 Å². The molecule has 2 rings (SSSR count). The molecule has 2 atom stereocenters. The van der Waals surface area contributed by atoms with Crippen LogP contribution in [0.4, 0.5) is 5.69 Å². The molecule has 1 fully saturated rings. The van der Waals surface area contributed by atoms with Crippen LogP contribution < -0.4 is 11.1 Å². The van der Waals surface area contributed by atoms with Gasteiger partial charge in [-0.15, -0.1) is 0 Å². The SMILES string of the molecule is CC1CCCC(NC(=O)Cn2cc(N)cn2)CC1. The number of nitrogens with zero attached hydrogens (tertiary/aromatic N) is 2. The Labute approximate surface area is 108 Å². The first-order chi connectivity index (χ1) is 8.63. The molecule has 0 radical (unpaired) electrons. The van der Waals surface area contributed by atoms with Crippen molar-refractivity contribution >= 4 is 11.6 Å². The molecular formula is C13H22N4O. The molecule has 1 aromatic rings. The molecule has 0 saturated heterocycles. The summed E-state index contributed by atoms with van der Waals surface area (Å²) >= 11 is 0. The lowest BCUT2D eigenvalue weighted by molar-refractivity contribution is -0.122. The first kappa shape index (κ1) is 12.9. The van der Waals surface area contributed by atoms with Gasteiger partial charge < -0.3 is 11.1 Å². The Morgan fingerprint density at radius 3 is 3.06 bits per heavy atom. The van der Waals surface area contributed by atoms with Crippen LogP contribution in [0.15, 0.2) is 12.4 Å². The second-order valence-corrected chi connectivity index (χ2v) is 5.35. The van der Waals surface area contributed by atoms with Crippen LogP contribution in [0, 0.1) is 5.92 Å². The number of rotatable bonds is 3. The highest BCUT2D eigenvalue weighted by atomic mass is 16.2. The van der Waals surface area contributed by atoms with E-state index < -0.39 is 0 Å². The van der Waals surface area contributed by atoms with Gasteiger partial charge >= 0.3 is 0 Å². The lowest BCUT2D eigenvalue weighted by Crippen LogP contribution is -2.36. The van der Waals surface area contributed by atoms with E-state index in [0.29, 0.717) is 11.7 Å². The van der Waals surface area contributed by atoms with Gasteiger partial charge in [0.2, 0.25) is 5.91 Å². The van der Waals surface area contributed by atoms with Gasteiger partial charge in [-0.25, -0.2) is 0 Å². The van der Waals surface area contributed by atoms with Crippen molar-refractivity contribution in [2.45, 2.75) is 51.6 Å². The Morgan fingerprint density at radius 2 is 2.33 bits per heavy atom. The fraction of sp³-hybridized carbons (Fsp3) is 0.692. The number of nitrogen functional groups attached to an aromatic ring is 1. The van der Waals surface area contributed by atoms with Crippen LogP contribution in [-0.4, -0.2) is 21.7 Å². The van der Waals surface area contributed by atoms with Crippen molar-refractivity contribution in [1.82, 2.24) is 15.1 Å². The first-order valence-electron chi connectivity index (χ1n) is 6.71. The highest BCUT2D eigenvalue weighted by Gasteiger charge is 2.17. The lowest BCUT2D eigenvalue weighted by Gasteiger charge is -2.16. The highest BCUT2D eigenvalue weighted by Crippen LogP contribution is 2.22. The quantitative estimate of drug-likeness (QED) is 0.799. The average Bonchev–Trinajstić information content (AvgIpc) is 2.59. The van der Waals surface area contributed by atoms with Crippen LogP contribution in [-0.2, 0) is 11.3 Å². The predicted octanol–water partition coefficient (Wildman–Crippen LogP) is 1.55. The van der Waals surface area contributed by atoms with Gasteiger partial charge in [0.15, 0.2) is 0 Å². The third-order valence-corrected chi connectivity index (χ3v) is 3.58. The molecule has 0 spiro atoms. The fourth-order valence-corrected chi connectivity index (χ4v) is 2.52. The second kappa shape index (κ2) is 5.89. The van der Waals surface area contributed by atoms with Crippen LogP contribution in [0.25, 0.3) is 0 Å². The smallest absolute Gasteiger partial charge is 0.241 e. The molecule has 100 valence electrons. The molecule has 1 aliphatic carbocycles. The number of hydrogen-bond acceptors (Lipinski definition) is 3. The van der Waals surface area contributed by atoms with Gasteiger partial charge in [0.25, 0.3) is 0 Å². The number of carbonyl (C=O) groups excluding carboxylic acids is 1. The fourth-order valence-electron chi connectivity index (χ4n) is 2.52. The molecule has 1 aliphatic rings. The average molecular weight is 250 g/mol. The Balaban J connectivity index is 1.80. The molecule has 3 N–H and O–H groups in total. The summed E-state index contributed by atoms with van der Waals surface area (Å²) in [4.78, 5) is 11.9. The minimum Gasteiger partial charge on any atom is -0.396 e. The van der Waals surface area contributed by atoms with E-state index in [4.69, 9.17) is 5.73 Å². The summed E-state index contributed by atoms with van der Waals surface area (Å²) in [5.74, 6) is 0.815. The summed E-state index contributed by atoms with van der Waals surface area (Å²) in [6.45, 7) is 2.54. The van der Waals surface area contributed by atoms with E-state index in [9.17, 15) is 4.79 Å². The zero-order valence-corrected chi connectivity index (χ0v) is 10.9. The maximum Gasteiger partial charge on any atom is 0.241 e. The van der Waals surface area contributed by atoms with E-state index in [1.54, 1.807) is 17.1 Å². The molecule has 0 aliphatic heterocycles. The van der Waals surface area contributed by atoms with Crippen molar-refractivity contribution in [2.75, 3.05) is 5.73 Å². The van der Waals surface area contributed by atoms with Gasteiger partial charge in [0.1, 0.15) is 6.54 Å². The molecule has 18 heavy (non-hydrogen) atoms. The zero-order chi connectivity index (χ0) is 13.0. The van der Waals surface area contributed by atoms with Crippen molar-refractivity contribution in [1.29, 1.82) is 0 Å². The zero-order valence-electron chi connectivity index (χ0n) is 10.9. The Bertz CT molecular complexity index is 401. The summed E-state index contributed by atoms with van der Waals surface area (Å²) in [7, 11) is 0. The van der Waals surface area contributed by atoms with Crippen molar-refractivity contribution < 1.29 is 4.79 Å². The second-order valence-electron chi connectivity index (χ2n) is 5.35. The summed E-state index contributed by atoms with van der Waals surface area (Å²) in [5.41, 5.74) is 6.15. The van der Waals surface area contributed by atoms with Gasteiger partial charge in [-0.2, -0.15) is 5.10 Å². The molecule has 1 saturated carbocycles. The van der Waals surface area contributed by atoms with Crippen LogP contribution in [0.3, 0.4) is 0 Å². The Morgan fingerprint density at radius 1 is 1.50 bits per heavy atom. The standard InChI is InChI=1S/C13H22N4O/c1-10-3-2-4-12(6-5-10)16-13(18)9-17-8-11(14)7-15-17/h7-8,10,12H,2-6,9,14H2,1H3,(H,16,18). The van der Waals surface area contributed by atoms with Crippen molar-refractivity contribution in [3.8, 4) is 0 Å². The minimum atomic E-state index is 0.0256. The number of hydrogen-bond donors (Lipinski definition) is 2. The largest absolute Gasteiger partial charge is 0.396 e. The molecular weight excluding hydrogens is 228 g/mol. The summed E-state index contributed by atoms with van der Waals surface area (Å²) in [6.07, 6.45) is 9.11. The summed E-state index contributed by atoms with van der Waals surface area (Å²) < 4.78 is 1.57. The molecule has 1 heterocycles. The molecule has 1 amide bonds. The minimum absolute atomic E-state index is 0.0256. The van der Waals surface area contributed by atoms with Crippen molar-refractivity contribution in [2.24, 2.45) is 5.92 Å². The van der Waals surface area contributed by atoms with Crippen LogP contribution in [0.5, 0.6) is 0 Å². The molecule has 2 unspecified atom stereocenters. The van der Waals surface area contributed by atoms with Gasteiger partial charge in [-0.05, 0) is 25.2 Å². The number of aromatic nitrogens is 2. The molecule has 1 aromatic heterocycles. The van der Waals surface area contributed by atoms with Crippen LogP contribution in [0.2, 0.25) is 0 Å². The van der Waals surface area contributed by atoms with Crippen molar-refractivity contribution in [3.05, 3.63) is 12.4 Å². The number of anilines is 1. The number of carbonyl (C=O) groups is 1. The van der Waals surface area contributed by atoms with E-state index in [1.165, 1.54) is 19.3 Å². The normalized spacial score (nSPS) is 24.5. The van der Waals surface area contributed by atoms with Gasteiger partial charge in [-0.3, -0.25) is 9.48 Å². The summed E-state index contributed by atoms with van der Waals surface area (Å²) in [6, 6.07) is 0.329. The monoisotopic (exact) mass is 250 g/mol. The third-order valence-electron chi connectivity index (χ3n) is 3.58. The van der Waals surface area contributed by atoms with E-state index in [0.717, 1.165) is 18.8 Å².